The molecule has 0 saturated carbocycles. The molecule has 1 saturated heterocycles. The molecule has 1 aliphatic rings. The summed E-state index contributed by atoms with van der Waals surface area (Å²) in [5.41, 5.74) is 0. The highest BCUT2D eigenvalue weighted by molar-refractivity contribution is 9.10. The van der Waals surface area contributed by atoms with E-state index in [9.17, 15) is 5.11 Å². The zero-order valence-electron chi connectivity index (χ0n) is 10.3. The van der Waals surface area contributed by atoms with Gasteiger partial charge in [0, 0.05) is 13.1 Å². The summed E-state index contributed by atoms with van der Waals surface area (Å²) in [7, 11) is 0. The van der Waals surface area contributed by atoms with E-state index in [2.05, 4.69) is 36.1 Å². The Kier molecular flexibility index (Phi) is 4.73. The third-order valence-corrected chi connectivity index (χ3v) is 3.56. The molecule has 0 aliphatic carbocycles. The number of nitrogens with zero attached hydrogens (tertiary/aromatic N) is 3. The number of aliphatic hydroxyl groups is 1. The highest BCUT2D eigenvalue weighted by Gasteiger charge is 2.26. The first kappa shape index (κ1) is 13.5. The van der Waals surface area contributed by atoms with Gasteiger partial charge in [0.1, 0.15) is 22.4 Å². The molecule has 0 radical (unpaired) electrons. The van der Waals surface area contributed by atoms with Crippen LogP contribution in [0.4, 0.5) is 11.6 Å². The lowest BCUT2D eigenvalue weighted by atomic mass is 10.2. The maximum Gasteiger partial charge on any atom is 0.149 e. The van der Waals surface area contributed by atoms with Crippen LogP contribution in [0, 0.1) is 0 Å². The number of hydrogen-bond donors (Lipinski definition) is 2. The first-order valence-electron chi connectivity index (χ1n) is 5.97. The molecule has 1 atom stereocenters. The third-order valence-electron chi connectivity index (χ3n) is 2.83. The molecule has 2 N–H and O–H groups in total. The standard InChI is InChI=1S/C11H17BrN4O2/c1-2-13-10-9(12)11(15-7-14-10)16-3-4-18-6-8(16)5-17/h7-8,17H,2-6H2,1H3,(H,13,14,15). The molecule has 2 heterocycles. The molecule has 1 fully saturated rings. The molecule has 7 heteroatoms. The molecule has 0 bridgehead atoms. The van der Waals surface area contributed by atoms with Crippen molar-refractivity contribution in [3.8, 4) is 0 Å². The molecule has 0 aromatic carbocycles. The Bertz CT molecular complexity index is 405. The van der Waals surface area contributed by atoms with E-state index >= 15 is 0 Å². The summed E-state index contributed by atoms with van der Waals surface area (Å²) < 4.78 is 6.19. The average Bonchev–Trinajstić information content (AvgIpc) is 2.41. The number of morpholine rings is 1. The molecule has 100 valence electrons. The number of aliphatic hydroxyl groups excluding tert-OH is 1. The average molecular weight is 317 g/mol. The van der Waals surface area contributed by atoms with E-state index in [0.29, 0.717) is 19.8 Å². The molecule has 1 unspecified atom stereocenters. The van der Waals surface area contributed by atoms with Gasteiger partial charge in [-0.25, -0.2) is 9.97 Å². The Labute approximate surface area is 115 Å². The molecular formula is C11H17BrN4O2. The predicted octanol–water partition coefficient (Wildman–Crippen LogP) is 0.868. The SMILES string of the molecule is CCNc1ncnc(N2CCOCC2CO)c1Br. The van der Waals surface area contributed by atoms with Gasteiger partial charge in [0.05, 0.1) is 25.9 Å². The summed E-state index contributed by atoms with van der Waals surface area (Å²) in [6.07, 6.45) is 1.53. The number of anilines is 2. The summed E-state index contributed by atoms with van der Waals surface area (Å²) in [4.78, 5) is 10.5. The number of halogens is 1. The second kappa shape index (κ2) is 6.31. The quantitative estimate of drug-likeness (QED) is 0.859. The number of rotatable bonds is 4. The molecule has 0 spiro atoms. The van der Waals surface area contributed by atoms with Gasteiger partial charge in [-0.2, -0.15) is 0 Å². The fourth-order valence-corrected chi connectivity index (χ4v) is 2.51. The van der Waals surface area contributed by atoms with Crippen LogP contribution in [-0.2, 0) is 4.74 Å². The highest BCUT2D eigenvalue weighted by Crippen LogP contribution is 2.31. The molecule has 1 aromatic rings. The second-order valence-electron chi connectivity index (χ2n) is 3.99. The molecule has 6 nitrogen and oxygen atoms in total. The lowest BCUT2D eigenvalue weighted by molar-refractivity contribution is 0.0722. The lowest BCUT2D eigenvalue weighted by Gasteiger charge is -2.35. The maximum absolute atomic E-state index is 9.39. The van der Waals surface area contributed by atoms with Crippen LogP contribution in [0.25, 0.3) is 0 Å². The van der Waals surface area contributed by atoms with E-state index in [0.717, 1.165) is 22.7 Å². The Morgan fingerprint density at radius 3 is 3.17 bits per heavy atom. The fourth-order valence-electron chi connectivity index (χ4n) is 1.94. The summed E-state index contributed by atoms with van der Waals surface area (Å²) in [6, 6.07) is -0.0561. The minimum absolute atomic E-state index is 0.0486. The molecule has 2 rings (SSSR count). The van der Waals surface area contributed by atoms with E-state index < -0.39 is 0 Å². The van der Waals surface area contributed by atoms with Crippen molar-refractivity contribution in [1.82, 2.24) is 9.97 Å². The van der Waals surface area contributed by atoms with Crippen molar-refractivity contribution in [1.29, 1.82) is 0 Å². The van der Waals surface area contributed by atoms with Crippen LogP contribution in [0.15, 0.2) is 10.8 Å². The summed E-state index contributed by atoms with van der Waals surface area (Å²) in [5.74, 6) is 1.56. The van der Waals surface area contributed by atoms with Gasteiger partial charge in [-0.05, 0) is 22.9 Å². The minimum Gasteiger partial charge on any atom is -0.394 e. The molecular weight excluding hydrogens is 300 g/mol. The molecule has 1 aliphatic heterocycles. The van der Waals surface area contributed by atoms with Gasteiger partial charge < -0.3 is 20.1 Å². The van der Waals surface area contributed by atoms with Crippen LogP contribution in [0.2, 0.25) is 0 Å². The van der Waals surface area contributed by atoms with Crippen molar-refractivity contribution in [3.63, 3.8) is 0 Å². The first-order valence-corrected chi connectivity index (χ1v) is 6.76. The Hall–Kier alpha value is -0.920. The molecule has 1 aromatic heterocycles. The summed E-state index contributed by atoms with van der Waals surface area (Å²) in [5, 5.41) is 12.6. The van der Waals surface area contributed by atoms with E-state index in [4.69, 9.17) is 4.74 Å². The van der Waals surface area contributed by atoms with Crippen molar-refractivity contribution in [3.05, 3.63) is 10.8 Å². The van der Waals surface area contributed by atoms with Crippen LogP contribution in [0.1, 0.15) is 6.92 Å². The van der Waals surface area contributed by atoms with Gasteiger partial charge in [0.2, 0.25) is 0 Å². The fraction of sp³-hybridized carbons (Fsp3) is 0.636. The molecule has 0 amide bonds. The highest BCUT2D eigenvalue weighted by atomic mass is 79.9. The minimum atomic E-state index is -0.0561. The van der Waals surface area contributed by atoms with Crippen molar-refractivity contribution in [2.45, 2.75) is 13.0 Å². The van der Waals surface area contributed by atoms with Crippen LogP contribution in [-0.4, -0.2) is 54.0 Å². The van der Waals surface area contributed by atoms with Gasteiger partial charge >= 0.3 is 0 Å². The van der Waals surface area contributed by atoms with Crippen LogP contribution in [0.3, 0.4) is 0 Å². The molecule has 18 heavy (non-hydrogen) atoms. The lowest BCUT2D eigenvalue weighted by Crippen LogP contribution is -2.48. The predicted molar refractivity (Wildman–Crippen MR) is 72.9 cm³/mol. The van der Waals surface area contributed by atoms with Gasteiger partial charge in [-0.15, -0.1) is 0 Å². The van der Waals surface area contributed by atoms with Crippen LogP contribution in [0.5, 0.6) is 0 Å². The number of ether oxygens (including phenoxy) is 1. The Morgan fingerprint density at radius 2 is 2.44 bits per heavy atom. The van der Waals surface area contributed by atoms with Crippen molar-refractivity contribution in [2.24, 2.45) is 0 Å². The maximum atomic E-state index is 9.39. The van der Waals surface area contributed by atoms with Gasteiger partial charge in [-0.1, -0.05) is 0 Å². The smallest absolute Gasteiger partial charge is 0.149 e. The topological polar surface area (TPSA) is 70.5 Å². The largest absolute Gasteiger partial charge is 0.394 e. The van der Waals surface area contributed by atoms with Crippen molar-refractivity contribution < 1.29 is 9.84 Å². The van der Waals surface area contributed by atoms with Crippen molar-refractivity contribution >= 4 is 27.6 Å². The zero-order valence-corrected chi connectivity index (χ0v) is 11.9. The van der Waals surface area contributed by atoms with Gasteiger partial charge in [-0.3, -0.25) is 0 Å². The number of hydrogen-bond acceptors (Lipinski definition) is 6. The summed E-state index contributed by atoms with van der Waals surface area (Å²) >= 11 is 3.52. The van der Waals surface area contributed by atoms with E-state index in [1.807, 2.05) is 6.92 Å². The summed E-state index contributed by atoms with van der Waals surface area (Å²) in [6.45, 7) is 4.73. The second-order valence-corrected chi connectivity index (χ2v) is 4.79. The van der Waals surface area contributed by atoms with E-state index in [1.54, 1.807) is 0 Å². The zero-order chi connectivity index (χ0) is 13.0. The van der Waals surface area contributed by atoms with Crippen molar-refractivity contribution in [2.75, 3.05) is 43.1 Å². The Balaban J connectivity index is 2.28. The van der Waals surface area contributed by atoms with Gasteiger partial charge in [0.15, 0.2) is 0 Å². The van der Waals surface area contributed by atoms with Crippen LogP contribution < -0.4 is 10.2 Å². The number of nitrogens with one attached hydrogen (secondary N) is 1. The first-order chi connectivity index (χ1) is 8.77. The van der Waals surface area contributed by atoms with Gasteiger partial charge in [0.25, 0.3) is 0 Å². The number of aromatic nitrogens is 2. The van der Waals surface area contributed by atoms with E-state index in [1.165, 1.54) is 6.33 Å². The monoisotopic (exact) mass is 316 g/mol. The third kappa shape index (κ3) is 2.73. The van der Waals surface area contributed by atoms with Crippen LogP contribution >= 0.6 is 15.9 Å². The normalized spacial score (nSPS) is 19.9. The Morgan fingerprint density at radius 1 is 1.61 bits per heavy atom. The van der Waals surface area contributed by atoms with E-state index in [-0.39, 0.29) is 12.6 Å².